The molecule has 0 aliphatic heterocycles. The molecule has 0 saturated heterocycles. The van der Waals surface area contributed by atoms with Crippen molar-refractivity contribution >= 4 is 21.9 Å². The van der Waals surface area contributed by atoms with E-state index in [2.05, 4.69) is 15.9 Å². The zero-order chi connectivity index (χ0) is 12.8. The third kappa shape index (κ3) is 2.06. The van der Waals surface area contributed by atoms with Crippen LogP contribution in [0.5, 0.6) is 0 Å². The van der Waals surface area contributed by atoms with E-state index in [-0.39, 0.29) is 12.0 Å². The number of rotatable bonds is 3. The van der Waals surface area contributed by atoms with Gasteiger partial charge in [-0.3, -0.25) is 4.79 Å². The molecule has 2 nitrogen and oxygen atoms in total. The van der Waals surface area contributed by atoms with Crippen molar-refractivity contribution in [2.24, 2.45) is 0 Å². The first kappa shape index (κ1) is 12.4. The van der Waals surface area contributed by atoms with Crippen molar-refractivity contribution in [2.45, 2.75) is 24.7 Å². The highest BCUT2D eigenvalue weighted by Crippen LogP contribution is 2.52. The van der Waals surface area contributed by atoms with Crippen LogP contribution in [0.4, 0.5) is 13.2 Å². The van der Waals surface area contributed by atoms with E-state index in [1.807, 2.05) is 0 Å². The zero-order valence-electron chi connectivity index (χ0n) is 8.57. The number of hydrogen-bond donors (Lipinski definition) is 1. The van der Waals surface area contributed by atoms with Gasteiger partial charge in [0.2, 0.25) is 0 Å². The van der Waals surface area contributed by atoms with Gasteiger partial charge in [-0.05, 0) is 34.8 Å². The van der Waals surface area contributed by atoms with Gasteiger partial charge in [0.1, 0.15) is 5.82 Å². The lowest BCUT2D eigenvalue weighted by molar-refractivity contribution is -0.137. The minimum absolute atomic E-state index is 0.182. The Bertz CT molecular complexity index is 498. The molecule has 0 heterocycles. The van der Waals surface area contributed by atoms with Gasteiger partial charge in [-0.25, -0.2) is 13.2 Å². The van der Waals surface area contributed by atoms with Crippen molar-refractivity contribution in [1.82, 2.24) is 0 Å². The number of halogens is 4. The summed E-state index contributed by atoms with van der Waals surface area (Å²) in [6.07, 6.45) is 0.540. The van der Waals surface area contributed by atoms with E-state index in [4.69, 9.17) is 5.11 Å². The fraction of sp³-hybridized carbons (Fsp3) is 0.364. The Balaban J connectivity index is 2.50. The third-order valence-electron chi connectivity index (χ3n) is 3.02. The summed E-state index contributed by atoms with van der Waals surface area (Å²) in [6, 6.07) is 0.873. The standard InChI is InChI=1S/C11H8BrF3O2/c12-8-6(13)3-5(9(14)10(8)15)11(1-2-11)4-7(16)17/h3H,1-2,4H2,(H,16,17). The molecule has 0 aromatic heterocycles. The van der Waals surface area contributed by atoms with Crippen molar-refractivity contribution in [3.63, 3.8) is 0 Å². The Morgan fingerprint density at radius 3 is 2.41 bits per heavy atom. The molecule has 0 atom stereocenters. The van der Waals surface area contributed by atoms with Crippen LogP contribution >= 0.6 is 15.9 Å². The molecule has 92 valence electrons. The van der Waals surface area contributed by atoms with Crippen LogP contribution in [0.15, 0.2) is 10.5 Å². The molecule has 1 N–H and O–H groups in total. The highest BCUT2D eigenvalue weighted by Gasteiger charge is 2.48. The molecule has 1 aromatic carbocycles. The Hall–Kier alpha value is -1.04. The molecule has 17 heavy (non-hydrogen) atoms. The monoisotopic (exact) mass is 308 g/mol. The number of aliphatic carboxylic acids is 1. The third-order valence-corrected chi connectivity index (χ3v) is 3.74. The van der Waals surface area contributed by atoms with Gasteiger partial charge in [0.05, 0.1) is 10.9 Å². The summed E-state index contributed by atoms with van der Waals surface area (Å²) in [7, 11) is 0. The molecule has 0 spiro atoms. The van der Waals surface area contributed by atoms with Gasteiger partial charge in [-0.1, -0.05) is 0 Å². The van der Waals surface area contributed by atoms with Crippen LogP contribution in [0.1, 0.15) is 24.8 Å². The van der Waals surface area contributed by atoms with Crippen LogP contribution in [0, 0.1) is 17.5 Å². The van der Waals surface area contributed by atoms with E-state index >= 15 is 0 Å². The second kappa shape index (κ2) is 4.01. The Labute approximate surface area is 104 Å². The Morgan fingerprint density at radius 1 is 1.35 bits per heavy atom. The molecule has 1 saturated carbocycles. The van der Waals surface area contributed by atoms with E-state index in [0.717, 1.165) is 6.07 Å². The normalized spacial score (nSPS) is 16.9. The number of carboxylic acids is 1. The first-order chi connectivity index (χ1) is 7.87. The molecule has 2 rings (SSSR count). The quantitative estimate of drug-likeness (QED) is 0.686. The van der Waals surface area contributed by atoms with Gasteiger partial charge in [0.15, 0.2) is 11.6 Å². The summed E-state index contributed by atoms with van der Waals surface area (Å²) in [5.41, 5.74) is -1.13. The van der Waals surface area contributed by atoms with Crippen molar-refractivity contribution in [2.75, 3.05) is 0 Å². The summed E-state index contributed by atoms with van der Waals surface area (Å²) < 4.78 is 39.8. The van der Waals surface area contributed by atoms with Crippen molar-refractivity contribution < 1.29 is 23.1 Å². The molecule has 0 amide bonds. The van der Waals surface area contributed by atoms with Gasteiger partial charge >= 0.3 is 5.97 Å². The smallest absolute Gasteiger partial charge is 0.304 e. The summed E-state index contributed by atoms with van der Waals surface area (Å²) in [6.45, 7) is 0. The molecule has 1 aliphatic rings. The van der Waals surface area contributed by atoms with E-state index in [1.54, 1.807) is 0 Å². The largest absolute Gasteiger partial charge is 0.481 e. The van der Waals surface area contributed by atoms with Gasteiger partial charge < -0.3 is 5.11 Å². The van der Waals surface area contributed by atoms with E-state index in [9.17, 15) is 18.0 Å². The number of benzene rings is 1. The predicted octanol–water partition coefficient (Wildman–Crippen LogP) is 3.37. The summed E-state index contributed by atoms with van der Waals surface area (Å²) in [5.74, 6) is -4.50. The van der Waals surface area contributed by atoms with E-state index in [1.165, 1.54) is 0 Å². The Kier molecular flexibility index (Phi) is 2.93. The van der Waals surface area contributed by atoms with Gasteiger partial charge in [-0.2, -0.15) is 0 Å². The van der Waals surface area contributed by atoms with Gasteiger partial charge in [0, 0.05) is 11.0 Å². The van der Waals surface area contributed by atoms with Crippen molar-refractivity contribution in [3.8, 4) is 0 Å². The van der Waals surface area contributed by atoms with E-state index in [0.29, 0.717) is 12.8 Å². The second-order valence-electron chi connectivity index (χ2n) is 4.20. The number of carbonyl (C=O) groups is 1. The molecular formula is C11H8BrF3O2. The molecule has 0 radical (unpaired) electrons. The first-order valence-electron chi connectivity index (χ1n) is 4.93. The SMILES string of the molecule is O=C(O)CC1(c2cc(F)c(Br)c(F)c2F)CC1. The first-order valence-corrected chi connectivity index (χ1v) is 5.72. The second-order valence-corrected chi connectivity index (χ2v) is 4.99. The lowest BCUT2D eigenvalue weighted by Crippen LogP contribution is -2.16. The minimum Gasteiger partial charge on any atom is -0.481 e. The highest BCUT2D eigenvalue weighted by molar-refractivity contribution is 9.10. The molecule has 1 aliphatic carbocycles. The van der Waals surface area contributed by atoms with Crippen molar-refractivity contribution in [3.05, 3.63) is 33.6 Å². The average Bonchev–Trinajstić information content (AvgIpc) is 3.00. The lowest BCUT2D eigenvalue weighted by Gasteiger charge is -2.15. The van der Waals surface area contributed by atoms with Crippen LogP contribution in [-0.2, 0) is 10.2 Å². The molecule has 6 heteroatoms. The van der Waals surface area contributed by atoms with Crippen LogP contribution in [-0.4, -0.2) is 11.1 Å². The molecule has 0 unspecified atom stereocenters. The molecule has 1 fully saturated rings. The van der Waals surface area contributed by atoms with Crippen LogP contribution in [0.2, 0.25) is 0 Å². The molecular weight excluding hydrogens is 301 g/mol. The maximum atomic E-state index is 13.7. The minimum atomic E-state index is -1.31. The highest BCUT2D eigenvalue weighted by atomic mass is 79.9. The fourth-order valence-corrected chi connectivity index (χ4v) is 2.23. The summed E-state index contributed by atoms with van der Waals surface area (Å²) in [5, 5.41) is 8.72. The van der Waals surface area contributed by atoms with Crippen LogP contribution in [0.25, 0.3) is 0 Å². The topological polar surface area (TPSA) is 37.3 Å². The van der Waals surface area contributed by atoms with E-state index < -0.39 is 33.3 Å². The van der Waals surface area contributed by atoms with Crippen molar-refractivity contribution in [1.29, 1.82) is 0 Å². The maximum absolute atomic E-state index is 13.7. The Morgan fingerprint density at radius 2 is 1.94 bits per heavy atom. The number of hydrogen-bond acceptors (Lipinski definition) is 1. The summed E-state index contributed by atoms with van der Waals surface area (Å²) >= 11 is 2.60. The fourth-order valence-electron chi connectivity index (χ4n) is 1.94. The summed E-state index contributed by atoms with van der Waals surface area (Å²) in [4.78, 5) is 10.7. The average molecular weight is 309 g/mol. The number of carboxylic acid groups (broad SMARTS) is 1. The van der Waals surface area contributed by atoms with Crippen LogP contribution < -0.4 is 0 Å². The zero-order valence-corrected chi connectivity index (χ0v) is 10.2. The predicted molar refractivity (Wildman–Crippen MR) is 57.2 cm³/mol. The molecule has 0 bridgehead atoms. The van der Waals surface area contributed by atoms with Gasteiger partial charge in [0.25, 0.3) is 0 Å². The lowest BCUT2D eigenvalue weighted by atomic mass is 9.91. The van der Waals surface area contributed by atoms with Gasteiger partial charge in [-0.15, -0.1) is 0 Å². The maximum Gasteiger partial charge on any atom is 0.304 e. The molecule has 1 aromatic rings. The van der Waals surface area contributed by atoms with Crippen LogP contribution in [0.3, 0.4) is 0 Å².